The Bertz CT molecular complexity index is 622. The first-order valence-electron chi connectivity index (χ1n) is 6.82. The van der Waals surface area contributed by atoms with Crippen LogP contribution in [0.1, 0.15) is 27.7 Å². The van der Waals surface area contributed by atoms with Crippen LogP contribution in [0.2, 0.25) is 0 Å². The molecule has 0 radical (unpaired) electrons. The Morgan fingerprint density at radius 3 is 2.57 bits per heavy atom. The number of rotatable bonds is 6. The van der Waals surface area contributed by atoms with E-state index in [4.69, 9.17) is 5.73 Å². The SMILES string of the molecule is CCc1ccsc1C(=O)NC(Cc1ccccc1)C(N)=O. The molecule has 1 atom stereocenters. The van der Waals surface area contributed by atoms with E-state index in [1.807, 2.05) is 48.7 Å². The summed E-state index contributed by atoms with van der Waals surface area (Å²) in [5, 5.41) is 4.62. The third-order valence-corrected chi connectivity index (χ3v) is 4.22. The van der Waals surface area contributed by atoms with Crippen molar-refractivity contribution in [3.8, 4) is 0 Å². The number of hydrogen-bond donors (Lipinski definition) is 2. The van der Waals surface area contributed by atoms with Gasteiger partial charge in [-0.15, -0.1) is 11.3 Å². The maximum absolute atomic E-state index is 12.3. The first-order chi connectivity index (χ1) is 10.1. The van der Waals surface area contributed by atoms with Gasteiger partial charge in [-0.3, -0.25) is 9.59 Å². The number of primary amides is 1. The van der Waals surface area contributed by atoms with Gasteiger partial charge in [0.1, 0.15) is 6.04 Å². The van der Waals surface area contributed by atoms with Crippen molar-refractivity contribution in [3.05, 3.63) is 57.8 Å². The van der Waals surface area contributed by atoms with Crippen LogP contribution < -0.4 is 11.1 Å². The van der Waals surface area contributed by atoms with Crippen molar-refractivity contribution in [1.29, 1.82) is 0 Å². The molecule has 0 bridgehead atoms. The summed E-state index contributed by atoms with van der Waals surface area (Å²) >= 11 is 1.38. The minimum atomic E-state index is -0.702. The zero-order valence-electron chi connectivity index (χ0n) is 11.8. The van der Waals surface area contributed by atoms with Gasteiger partial charge in [0.25, 0.3) is 5.91 Å². The molecule has 0 aliphatic carbocycles. The van der Waals surface area contributed by atoms with Crippen LogP contribution in [0, 0.1) is 0 Å². The molecule has 1 aromatic heterocycles. The molecule has 3 N–H and O–H groups in total. The van der Waals surface area contributed by atoms with E-state index in [2.05, 4.69) is 5.32 Å². The van der Waals surface area contributed by atoms with Gasteiger partial charge in [0.05, 0.1) is 4.88 Å². The average molecular weight is 302 g/mol. The summed E-state index contributed by atoms with van der Waals surface area (Å²) in [6.07, 6.45) is 1.18. The summed E-state index contributed by atoms with van der Waals surface area (Å²) in [4.78, 5) is 24.5. The fourth-order valence-electron chi connectivity index (χ4n) is 2.11. The molecule has 2 rings (SSSR count). The van der Waals surface area contributed by atoms with E-state index < -0.39 is 11.9 Å². The van der Waals surface area contributed by atoms with E-state index in [0.29, 0.717) is 11.3 Å². The van der Waals surface area contributed by atoms with Crippen molar-refractivity contribution in [2.75, 3.05) is 0 Å². The predicted molar refractivity (Wildman–Crippen MR) is 84.3 cm³/mol. The normalized spacial score (nSPS) is 11.9. The highest BCUT2D eigenvalue weighted by molar-refractivity contribution is 7.12. The summed E-state index contributed by atoms with van der Waals surface area (Å²) in [6.45, 7) is 1.99. The third-order valence-electron chi connectivity index (χ3n) is 3.27. The molecule has 5 heteroatoms. The molecule has 110 valence electrons. The number of hydrogen-bond acceptors (Lipinski definition) is 3. The van der Waals surface area contributed by atoms with Crippen LogP contribution in [0.3, 0.4) is 0 Å². The summed E-state index contributed by atoms with van der Waals surface area (Å²) < 4.78 is 0. The Balaban J connectivity index is 2.10. The fraction of sp³-hybridized carbons (Fsp3) is 0.250. The van der Waals surface area contributed by atoms with Gasteiger partial charge in [-0.05, 0) is 29.0 Å². The maximum Gasteiger partial charge on any atom is 0.262 e. The number of thiophene rings is 1. The molecule has 0 aliphatic heterocycles. The molecule has 0 aliphatic rings. The predicted octanol–water partition coefficient (Wildman–Crippen LogP) is 2.14. The topological polar surface area (TPSA) is 72.2 Å². The molecule has 0 fully saturated rings. The first-order valence-corrected chi connectivity index (χ1v) is 7.70. The van der Waals surface area contributed by atoms with Gasteiger partial charge < -0.3 is 11.1 Å². The van der Waals surface area contributed by atoms with Crippen molar-refractivity contribution >= 4 is 23.2 Å². The quantitative estimate of drug-likeness (QED) is 0.858. The van der Waals surface area contributed by atoms with E-state index in [9.17, 15) is 9.59 Å². The molecule has 1 heterocycles. The largest absolute Gasteiger partial charge is 0.368 e. The van der Waals surface area contributed by atoms with Crippen LogP contribution in [0.15, 0.2) is 41.8 Å². The third kappa shape index (κ3) is 3.92. The standard InChI is InChI=1S/C16H18N2O2S/c1-2-12-8-9-21-14(12)16(20)18-13(15(17)19)10-11-6-4-3-5-7-11/h3-9,13H,2,10H2,1H3,(H2,17,19)(H,18,20). The van der Waals surface area contributed by atoms with E-state index >= 15 is 0 Å². The van der Waals surface area contributed by atoms with Gasteiger partial charge in [-0.25, -0.2) is 0 Å². The van der Waals surface area contributed by atoms with Crippen LogP contribution in [-0.4, -0.2) is 17.9 Å². The summed E-state index contributed by atoms with van der Waals surface area (Å²) in [5.74, 6) is -0.761. The van der Waals surface area contributed by atoms with E-state index in [-0.39, 0.29) is 5.91 Å². The van der Waals surface area contributed by atoms with E-state index in [0.717, 1.165) is 17.5 Å². The number of aryl methyl sites for hydroxylation is 1. The Labute approximate surface area is 128 Å². The molecule has 1 unspecified atom stereocenters. The lowest BCUT2D eigenvalue weighted by Gasteiger charge is -2.15. The van der Waals surface area contributed by atoms with Gasteiger partial charge in [-0.2, -0.15) is 0 Å². The summed E-state index contributed by atoms with van der Waals surface area (Å²) in [7, 11) is 0. The van der Waals surface area contributed by atoms with E-state index in [1.54, 1.807) is 0 Å². The number of benzene rings is 1. The zero-order valence-corrected chi connectivity index (χ0v) is 12.7. The summed E-state index contributed by atoms with van der Waals surface area (Å²) in [6, 6.07) is 10.7. The minimum absolute atomic E-state index is 0.235. The molecule has 2 amide bonds. The molecule has 4 nitrogen and oxygen atoms in total. The van der Waals surface area contributed by atoms with Crippen LogP contribution in [-0.2, 0) is 17.6 Å². The molecule has 0 saturated heterocycles. The van der Waals surface area contributed by atoms with Crippen molar-refractivity contribution < 1.29 is 9.59 Å². The van der Waals surface area contributed by atoms with Crippen LogP contribution >= 0.6 is 11.3 Å². The maximum atomic E-state index is 12.3. The second-order valence-electron chi connectivity index (χ2n) is 4.75. The average Bonchev–Trinajstić information content (AvgIpc) is 2.96. The monoisotopic (exact) mass is 302 g/mol. The lowest BCUT2D eigenvalue weighted by molar-refractivity contribution is -0.119. The van der Waals surface area contributed by atoms with Gasteiger partial charge in [0, 0.05) is 6.42 Å². The van der Waals surface area contributed by atoms with Crippen molar-refractivity contribution in [2.24, 2.45) is 5.73 Å². The van der Waals surface area contributed by atoms with Crippen molar-refractivity contribution in [3.63, 3.8) is 0 Å². The molecule has 0 saturated carbocycles. The van der Waals surface area contributed by atoms with Gasteiger partial charge in [0.2, 0.25) is 5.91 Å². The highest BCUT2D eigenvalue weighted by atomic mass is 32.1. The van der Waals surface area contributed by atoms with Crippen LogP contribution in [0.5, 0.6) is 0 Å². The van der Waals surface area contributed by atoms with Gasteiger partial charge in [0.15, 0.2) is 0 Å². The second kappa shape index (κ2) is 7.04. The molecule has 21 heavy (non-hydrogen) atoms. The number of nitrogens with one attached hydrogen (secondary N) is 1. The molecular formula is C16H18N2O2S. The highest BCUT2D eigenvalue weighted by Crippen LogP contribution is 2.17. The highest BCUT2D eigenvalue weighted by Gasteiger charge is 2.21. The molecule has 2 aromatic rings. The van der Waals surface area contributed by atoms with Crippen molar-refractivity contribution in [2.45, 2.75) is 25.8 Å². The fourth-order valence-corrected chi connectivity index (χ4v) is 3.01. The Kier molecular flexibility index (Phi) is 5.11. The van der Waals surface area contributed by atoms with Gasteiger partial charge >= 0.3 is 0 Å². The Morgan fingerprint density at radius 2 is 1.95 bits per heavy atom. The number of nitrogens with two attached hydrogens (primary N) is 1. The van der Waals surface area contributed by atoms with Gasteiger partial charge in [-0.1, -0.05) is 37.3 Å². The lowest BCUT2D eigenvalue weighted by atomic mass is 10.1. The van der Waals surface area contributed by atoms with E-state index in [1.165, 1.54) is 11.3 Å². The number of carbonyl (C=O) groups excluding carboxylic acids is 2. The molecular weight excluding hydrogens is 284 g/mol. The first kappa shape index (κ1) is 15.3. The Morgan fingerprint density at radius 1 is 1.24 bits per heavy atom. The smallest absolute Gasteiger partial charge is 0.262 e. The number of carbonyl (C=O) groups is 2. The second-order valence-corrected chi connectivity index (χ2v) is 5.66. The zero-order chi connectivity index (χ0) is 15.2. The van der Waals surface area contributed by atoms with Crippen LogP contribution in [0.25, 0.3) is 0 Å². The minimum Gasteiger partial charge on any atom is -0.368 e. The van der Waals surface area contributed by atoms with Crippen molar-refractivity contribution in [1.82, 2.24) is 5.32 Å². The molecule has 0 spiro atoms. The Hall–Kier alpha value is -2.14. The number of amides is 2. The summed E-state index contributed by atoms with van der Waals surface area (Å²) in [5.41, 5.74) is 7.35. The lowest BCUT2D eigenvalue weighted by Crippen LogP contribution is -2.45. The molecule has 1 aromatic carbocycles. The van der Waals surface area contributed by atoms with Crippen LogP contribution in [0.4, 0.5) is 0 Å².